The third kappa shape index (κ3) is 2.48. The quantitative estimate of drug-likeness (QED) is 0.657. The molecular formula is C25H40O5. The van der Waals surface area contributed by atoms with Gasteiger partial charge in [-0.15, -0.1) is 0 Å². The van der Waals surface area contributed by atoms with Crippen molar-refractivity contribution in [2.45, 2.75) is 89.3 Å². The molecule has 0 aromatic carbocycles. The first-order chi connectivity index (χ1) is 14.5. The molecule has 0 aromatic rings. The van der Waals surface area contributed by atoms with Crippen LogP contribution in [0.3, 0.4) is 0 Å². The van der Waals surface area contributed by atoms with Gasteiger partial charge in [-0.1, -0.05) is 6.92 Å². The highest BCUT2D eigenvalue weighted by atomic mass is 16.7. The molecule has 0 N–H and O–H groups in total. The Hall–Kier alpha value is -0.200. The number of fused-ring (bicyclic) bond motifs is 6. The average molecular weight is 421 g/mol. The van der Waals surface area contributed by atoms with E-state index in [4.69, 9.17) is 23.7 Å². The number of hydrogen-bond acceptors (Lipinski definition) is 5. The Morgan fingerprint density at radius 2 is 1.50 bits per heavy atom. The van der Waals surface area contributed by atoms with Crippen molar-refractivity contribution in [3.05, 3.63) is 0 Å². The lowest BCUT2D eigenvalue weighted by atomic mass is 9.43. The Morgan fingerprint density at radius 1 is 0.800 bits per heavy atom. The predicted octanol–water partition coefficient (Wildman–Crippen LogP) is 4.53. The summed E-state index contributed by atoms with van der Waals surface area (Å²) in [4.78, 5) is 0. The van der Waals surface area contributed by atoms with E-state index in [1.807, 2.05) is 7.11 Å². The summed E-state index contributed by atoms with van der Waals surface area (Å²) in [5.74, 6) is 2.25. The Morgan fingerprint density at radius 3 is 2.23 bits per heavy atom. The fourth-order valence-electron chi connectivity index (χ4n) is 9.59. The summed E-state index contributed by atoms with van der Waals surface area (Å²) in [5.41, 5.74) is 0.426. The molecule has 2 spiro atoms. The van der Waals surface area contributed by atoms with Crippen LogP contribution in [0.5, 0.6) is 0 Å². The Balaban J connectivity index is 1.33. The molecule has 6 rings (SSSR count). The number of methoxy groups -OCH3 is 1. The first-order valence-electron chi connectivity index (χ1n) is 12.6. The highest BCUT2D eigenvalue weighted by Gasteiger charge is 2.69. The molecule has 0 amide bonds. The van der Waals surface area contributed by atoms with E-state index < -0.39 is 0 Å². The monoisotopic (exact) mass is 420 g/mol. The zero-order valence-corrected chi connectivity index (χ0v) is 19.1. The fraction of sp³-hybridized carbons (Fsp3) is 1.00. The van der Waals surface area contributed by atoms with Crippen LogP contribution in [0.1, 0.15) is 71.6 Å². The predicted molar refractivity (Wildman–Crippen MR) is 112 cm³/mol. The molecule has 2 saturated heterocycles. The van der Waals surface area contributed by atoms with E-state index in [1.165, 1.54) is 38.5 Å². The number of ether oxygens (including phenoxy) is 5. The molecule has 0 bridgehead atoms. The molecule has 6 aliphatic rings. The number of hydrogen-bond donors (Lipinski definition) is 0. The molecule has 170 valence electrons. The van der Waals surface area contributed by atoms with Gasteiger partial charge in [-0.3, -0.25) is 0 Å². The largest absolute Gasteiger partial charge is 0.381 e. The van der Waals surface area contributed by atoms with Crippen molar-refractivity contribution < 1.29 is 23.7 Å². The number of rotatable bonds is 2. The van der Waals surface area contributed by atoms with E-state index in [-0.39, 0.29) is 28.5 Å². The summed E-state index contributed by atoms with van der Waals surface area (Å²) in [6.45, 7) is 7.89. The van der Waals surface area contributed by atoms with Gasteiger partial charge >= 0.3 is 0 Å². The minimum Gasteiger partial charge on any atom is -0.381 e. The maximum atomic E-state index is 6.34. The van der Waals surface area contributed by atoms with Crippen molar-refractivity contribution in [2.24, 2.45) is 34.5 Å². The molecule has 7 atom stereocenters. The van der Waals surface area contributed by atoms with Crippen LogP contribution < -0.4 is 0 Å². The normalized spacial score (nSPS) is 49.7. The van der Waals surface area contributed by atoms with Crippen LogP contribution in [-0.2, 0) is 23.7 Å². The van der Waals surface area contributed by atoms with Gasteiger partial charge in [0.25, 0.3) is 0 Å². The van der Waals surface area contributed by atoms with Crippen molar-refractivity contribution in [1.82, 2.24) is 0 Å². The van der Waals surface area contributed by atoms with Gasteiger partial charge in [0.15, 0.2) is 11.6 Å². The molecule has 6 fully saturated rings. The summed E-state index contributed by atoms with van der Waals surface area (Å²) in [6.07, 6.45) is 11.0. The van der Waals surface area contributed by atoms with Gasteiger partial charge in [-0.25, -0.2) is 0 Å². The molecule has 4 aliphatic carbocycles. The first-order valence-corrected chi connectivity index (χ1v) is 12.6. The highest BCUT2D eigenvalue weighted by Crippen LogP contribution is 2.71. The summed E-state index contributed by atoms with van der Waals surface area (Å²) < 4.78 is 31.2. The van der Waals surface area contributed by atoms with Crippen molar-refractivity contribution in [1.29, 1.82) is 0 Å². The third-order valence-corrected chi connectivity index (χ3v) is 11.0. The van der Waals surface area contributed by atoms with Crippen LogP contribution in [0, 0.1) is 34.5 Å². The smallest absolute Gasteiger partial charge is 0.174 e. The lowest BCUT2D eigenvalue weighted by Crippen LogP contribution is -2.62. The molecular weight excluding hydrogens is 380 g/mol. The van der Waals surface area contributed by atoms with Gasteiger partial charge in [0.2, 0.25) is 0 Å². The summed E-state index contributed by atoms with van der Waals surface area (Å²) >= 11 is 0. The van der Waals surface area contributed by atoms with Crippen molar-refractivity contribution in [3.8, 4) is 0 Å². The summed E-state index contributed by atoms with van der Waals surface area (Å²) in [5, 5.41) is 0. The fourth-order valence-corrected chi connectivity index (χ4v) is 9.59. The van der Waals surface area contributed by atoms with E-state index in [9.17, 15) is 0 Å². The van der Waals surface area contributed by atoms with Crippen LogP contribution in [0.15, 0.2) is 0 Å². The first kappa shape index (κ1) is 20.4. The van der Waals surface area contributed by atoms with E-state index in [1.54, 1.807) is 0 Å². The maximum absolute atomic E-state index is 6.34. The van der Waals surface area contributed by atoms with Crippen LogP contribution in [0.2, 0.25) is 0 Å². The minimum atomic E-state index is -0.305. The SMILES string of the molecule is COC(C)[C@]12CCC3(C[C@H]1CC[C@@H]1[C@@H]2CC[C@@]2(C)[C@H]1CCC21OCCO1)OCCO3. The topological polar surface area (TPSA) is 46.2 Å². The van der Waals surface area contributed by atoms with Crippen molar-refractivity contribution in [2.75, 3.05) is 33.5 Å². The second-order valence-electron chi connectivity index (χ2n) is 11.4. The molecule has 0 aromatic heterocycles. The average Bonchev–Trinajstić information content (AvgIpc) is 3.49. The van der Waals surface area contributed by atoms with E-state index in [2.05, 4.69) is 13.8 Å². The summed E-state index contributed by atoms with van der Waals surface area (Å²) in [7, 11) is 1.92. The zero-order chi connectivity index (χ0) is 20.6. The second kappa shape index (κ2) is 6.90. The van der Waals surface area contributed by atoms with Gasteiger partial charge < -0.3 is 23.7 Å². The lowest BCUT2D eigenvalue weighted by molar-refractivity contribution is -0.272. The van der Waals surface area contributed by atoms with Crippen LogP contribution >= 0.6 is 0 Å². The standard InChI is InChI=1S/C25H40O5/c1-17(26-3)24-11-10-23(27-12-13-28-23)16-18(24)4-5-19-20-7-9-25(29-14-15-30-25)22(20,2)8-6-21(19)24/h17-21H,4-16H2,1-3H3/t17?,18-,19+,20+,21+,22+,24-/m1/s1. The van der Waals surface area contributed by atoms with E-state index >= 15 is 0 Å². The van der Waals surface area contributed by atoms with Gasteiger partial charge in [0, 0.05) is 37.2 Å². The molecule has 0 radical (unpaired) electrons. The zero-order valence-electron chi connectivity index (χ0n) is 19.1. The van der Waals surface area contributed by atoms with Gasteiger partial charge in [-0.2, -0.15) is 0 Å². The van der Waals surface area contributed by atoms with Crippen LogP contribution in [-0.4, -0.2) is 51.2 Å². The van der Waals surface area contributed by atoms with Gasteiger partial charge in [-0.05, 0) is 69.1 Å². The molecule has 30 heavy (non-hydrogen) atoms. The van der Waals surface area contributed by atoms with Gasteiger partial charge in [0.1, 0.15) is 0 Å². The Kier molecular flexibility index (Phi) is 4.69. The minimum absolute atomic E-state index is 0.169. The molecule has 2 heterocycles. The molecule has 5 heteroatoms. The third-order valence-electron chi connectivity index (χ3n) is 11.0. The molecule has 1 unspecified atom stereocenters. The Labute approximate surface area is 181 Å². The maximum Gasteiger partial charge on any atom is 0.174 e. The van der Waals surface area contributed by atoms with E-state index in [0.29, 0.717) is 11.8 Å². The van der Waals surface area contributed by atoms with Crippen LogP contribution in [0.4, 0.5) is 0 Å². The Bertz CT molecular complexity index is 668. The summed E-state index contributed by atoms with van der Waals surface area (Å²) in [6, 6.07) is 0. The van der Waals surface area contributed by atoms with E-state index in [0.717, 1.165) is 57.5 Å². The molecule has 4 saturated carbocycles. The highest BCUT2D eigenvalue weighted by molar-refractivity contribution is 5.15. The van der Waals surface area contributed by atoms with Crippen LogP contribution in [0.25, 0.3) is 0 Å². The lowest BCUT2D eigenvalue weighted by Gasteiger charge is -2.64. The van der Waals surface area contributed by atoms with Gasteiger partial charge in [0.05, 0.1) is 32.5 Å². The van der Waals surface area contributed by atoms with Crippen molar-refractivity contribution >= 4 is 0 Å². The second-order valence-corrected chi connectivity index (χ2v) is 11.4. The molecule has 2 aliphatic heterocycles. The molecule has 5 nitrogen and oxygen atoms in total. The van der Waals surface area contributed by atoms with Crippen molar-refractivity contribution in [3.63, 3.8) is 0 Å².